The molecule has 24 heavy (non-hydrogen) atoms. The van der Waals surface area contributed by atoms with E-state index in [1.54, 1.807) is 11.0 Å². The molecule has 0 spiro atoms. The summed E-state index contributed by atoms with van der Waals surface area (Å²) in [4.78, 5) is 21.0. The third-order valence-corrected chi connectivity index (χ3v) is 5.17. The standard InChI is InChI=1S/C18H19F2N3O/c1-22(2)16-9-12(11-5-3-4-6-15(11)21-16)17(24)23-8-7-13-14(10-23)18(13,19)20/h3-6,9,13-14H,7-8,10H2,1-2H3/t13-,14+/m1/s1. The molecule has 4 nitrogen and oxygen atoms in total. The van der Waals surface area contributed by atoms with E-state index in [2.05, 4.69) is 4.98 Å². The lowest BCUT2D eigenvalue weighted by Gasteiger charge is -2.26. The second-order valence-electron chi connectivity index (χ2n) is 6.87. The van der Waals surface area contributed by atoms with Crippen molar-refractivity contribution in [2.45, 2.75) is 12.3 Å². The molecule has 1 amide bonds. The van der Waals surface area contributed by atoms with Gasteiger partial charge in [0.2, 0.25) is 0 Å². The summed E-state index contributed by atoms with van der Waals surface area (Å²) in [6.07, 6.45) is 0.382. The number of carbonyl (C=O) groups excluding carboxylic acids is 1. The first-order valence-corrected chi connectivity index (χ1v) is 8.14. The van der Waals surface area contributed by atoms with Gasteiger partial charge in [0.1, 0.15) is 5.82 Å². The van der Waals surface area contributed by atoms with Crippen molar-refractivity contribution in [3.05, 3.63) is 35.9 Å². The van der Waals surface area contributed by atoms with Gasteiger partial charge < -0.3 is 9.80 Å². The number of para-hydroxylation sites is 1. The topological polar surface area (TPSA) is 36.4 Å². The van der Waals surface area contributed by atoms with Crippen molar-refractivity contribution in [1.82, 2.24) is 9.88 Å². The van der Waals surface area contributed by atoms with Crippen LogP contribution in [0, 0.1) is 11.8 Å². The summed E-state index contributed by atoms with van der Waals surface area (Å²) in [5, 5.41) is 0.762. The van der Waals surface area contributed by atoms with Crippen LogP contribution in [-0.4, -0.2) is 48.9 Å². The molecule has 0 bridgehead atoms. The van der Waals surface area contributed by atoms with Gasteiger partial charge in [0, 0.05) is 44.4 Å². The molecule has 2 atom stereocenters. The minimum Gasteiger partial charge on any atom is -0.363 e. The van der Waals surface area contributed by atoms with Gasteiger partial charge in [-0.15, -0.1) is 0 Å². The third-order valence-electron chi connectivity index (χ3n) is 5.17. The van der Waals surface area contributed by atoms with Gasteiger partial charge in [-0.05, 0) is 18.6 Å². The fourth-order valence-electron chi connectivity index (χ4n) is 3.65. The number of piperidine rings is 1. The van der Waals surface area contributed by atoms with Gasteiger partial charge in [-0.25, -0.2) is 13.8 Å². The minimum absolute atomic E-state index is 0.143. The molecule has 0 unspecified atom stereocenters. The Balaban J connectivity index is 1.71. The zero-order valence-corrected chi connectivity index (χ0v) is 13.7. The molecule has 1 saturated carbocycles. The van der Waals surface area contributed by atoms with E-state index in [4.69, 9.17) is 0 Å². The fraction of sp³-hybridized carbons (Fsp3) is 0.444. The molecule has 2 heterocycles. The fourth-order valence-corrected chi connectivity index (χ4v) is 3.65. The predicted molar refractivity (Wildman–Crippen MR) is 88.5 cm³/mol. The number of hydrogen-bond acceptors (Lipinski definition) is 3. The summed E-state index contributed by atoms with van der Waals surface area (Å²) in [5.41, 5.74) is 1.27. The predicted octanol–water partition coefficient (Wildman–Crippen LogP) is 3.03. The summed E-state index contributed by atoms with van der Waals surface area (Å²) in [7, 11) is 3.73. The van der Waals surface area contributed by atoms with Crippen molar-refractivity contribution in [3.63, 3.8) is 0 Å². The molecule has 2 aromatic rings. The quantitative estimate of drug-likeness (QED) is 0.849. The summed E-state index contributed by atoms with van der Waals surface area (Å²) in [5.74, 6) is -3.30. The molecule has 0 N–H and O–H groups in total. The molecule has 2 aliphatic rings. The van der Waals surface area contributed by atoms with Crippen molar-refractivity contribution in [1.29, 1.82) is 0 Å². The highest BCUT2D eigenvalue weighted by Crippen LogP contribution is 2.59. The zero-order valence-electron chi connectivity index (χ0n) is 13.7. The Morgan fingerprint density at radius 1 is 1.29 bits per heavy atom. The normalized spacial score (nSPS) is 24.6. The van der Waals surface area contributed by atoms with Crippen molar-refractivity contribution < 1.29 is 13.6 Å². The smallest absolute Gasteiger partial charge is 0.256 e. The molecular formula is C18H19F2N3O. The average Bonchev–Trinajstić information content (AvgIpc) is 3.14. The molecule has 1 aromatic carbocycles. The van der Waals surface area contributed by atoms with Gasteiger partial charge in [0.15, 0.2) is 0 Å². The first-order valence-electron chi connectivity index (χ1n) is 8.14. The maximum absolute atomic E-state index is 13.6. The molecule has 1 aliphatic carbocycles. The molecule has 1 aromatic heterocycles. The number of fused-ring (bicyclic) bond motifs is 2. The Hall–Kier alpha value is -2.24. The lowest BCUT2D eigenvalue weighted by Crippen LogP contribution is -2.37. The number of rotatable bonds is 2. The molecule has 2 fully saturated rings. The number of amides is 1. The highest BCUT2D eigenvalue weighted by molar-refractivity contribution is 6.07. The van der Waals surface area contributed by atoms with Gasteiger partial charge in [-0.1, -0.05) is 18.2 Å². The lowest BCUT2D eigenvalue weighted by atomic mass is 10.1. The van der Waals surface area contributed by atoms with Crippen LogP contribution < -0.4 is 4.90 Å². The van der Waals surface area contributed by atoms with Crippen LogP contribution in [0.1, 0.15) is 16.8 Å². The second kappa shape index (κ2) is 5.13. The monoisotopic (exact) mass is 331 g/mol. The minimum atomic E-state index is -2.59. The average molecular weight is 331 g/mol. The number of nitrogens with zero attached hydrogens (tertiary/aromatic N) is 3. The summed E-state index contributed by atoms with van der Waals surface area (Å²) in [6, 6.07) is 9.20. The number of likely N-dealkylation sites (tertiary alicyclic amines) is 1. The van der Waals surface area contributed by atoms with E-state index in [9.17, 15) is 13.6 Å². The van der Waals surface area contributed by atoms with Crippen LogP contribution >= 0.6 is 0 Å². The Morgan fingerprint density at radius 3 is 2.75 bits per heavy atom. The van der Waals surface area contributed by atoms with Gasteiger partial charge >= 0.3 is 0 Å². The van der Waals surface area contributed by atoms with Crippen molar-refractivity contribution in [3.8, 4) is 0 Å². The van der Waals surface area contributed by atoms with Crippen LogP contribution in [0.5, 0.6) is 0 Å². The number of halogens is 2. The Bertz CT molecular complexity index is 821. The van der Waals surface area contributed by atoms with Crippen LogP contribution in [0.3, 0.4) is 0 Å². The molecule has 6 heteroatoms. The van der Waals surface area contributed by atoms with Crippen LogP contribution in [0.15, 0.2) is 30.3 Å². The van der Waals surface area contributed by atoms with E-state index in [1.807, 2.05) is 43.3 Å². The van der Waals surface area contributed by atoms with E-state index in [0.717, 1.165) is 10.9 Å². The van der Waals surface area contributed by atoms with Crippen LogP contribution in [0.25, 0.3) is 10.9 Å². The van der Waals surface area contributed by atoms with E-state index in [1.165, 1.54) is 0 Å². The number of anilines is 1. The van der Waals surface area contributed by atoms with E-state index >= 15 is 0 Å². The van der Waals surface area contributed by atoms with E-state index < -0.39 is 17.8 Å². The Kier molecular flexibility index (Phi) is 3.27. The van der Waals surface area contributed by atoms with Crippen LogP contribution in [0.4, 0.5) is 14.6 Å². The van der Waals surface area contributed by atoms with Gasteiger partial charge in [-0.2, -0.15) is 0 Å². The lowest BCUT2D eigenvalue weighted by molar-refractivity contribution is 0.0692. The number of benzene rings is 1. The number of aromatic nitrogens is 1. The molecule has 1 saturated heterocycles. The largest absolute Gasteiger partial charge is 0.363 e. The molecule has 126 valence electrons. The zero-order chi connectivity index (χ0) is 17.1. The highest BCUT2D eigenvalue weighted by atomic mass is 19.3. The maximum atomic E-state index is 13.6. The highest BCUT2D eigenvalue weighted by Gasteiger charge is 2.69. The van der Waals surface area contributed by atoms with Crippen LogP contribution in [-0.2, 0) is 0 Å². The number of carbonyl (C=O) groups is 1. The first-order chi connectivity index (χ1) is 11.4. The number of pyridine rings is 1. The number of alkyl halides is 2. The summed E-state index contributed by atoms with van der Waals surface area (Å²) < 4.78 is 27.2. The van der Waals surface area contributed by atoms with Crippen molar-refractivity contribution in [2.24, 2.45) is 11.8 Å². The van der Waals surface area contributed by atoms with Gasteiger partial charge in [0.25, 0.3) is 11.8 Å². The summed E-state index contributed by atoms with van der Waals surface area (Å²) >= 11 is 0. The SMILES string of the molecule is CN(C)c1cc(C(=O)N2CC[C@@H]3[C@H](C2)C3(F)F)c2ccccc2n1. The Labute approximate surface area is 139 Å². The van der Waals surface area contributed by atoms with Crippen LogP contribution in [0.2, 0.25) is 0 Å². The maximum Gasteiger partial charge on any atom is 0.256 e. The molecule has 4 rings (SSSR count). The molecule has 1 aliphatic heterocycles. The molecule has 0 radical (unpaired) electrons. The first kappa shape index (κ1) is 15.3. The Morgan fingerprint density at radius 2 is 2.04 bits per heavy atom. The summed E-state index contributed by atoms with van der Waals surface area (Å²) in [6.45, 7) is 0.536. The van der Waals surface area contributed by atoms with E-state index in [0.29, 0.717) is 24.3 Å². The molecular weight excluding hydrogens is 312 g/mol. The second-order valence-corrected chi connectivity index (χ2v) is 6.87. The van der Waals surface area contributed by atoms with Gasteiger partial charge in [-0.3, -0.25) is 4.79 Å². The van der Waals surface area contributed by atoms with E-state index in [-0.39, 0.29) is 12.5 Å². The number of hydrogen-bond donors (Lipinski definition) is 0. The van der Waals surface area contributed by atoms with Crippen molar-refractivity contribution in [2.75, 3.05) is 32.1 Å². The third kappa shape index (κ3) is 2.24. The van der Waals surface area contributed by atoms with Gasteiger partial charge in [0.05, 0.1) is 11.1 Å². The van der Waals surface area contributed by atoms with Crippen molar-refractivity contribution >= 4 is 22.6 Å².